The van der Waals surface area contributed by atoms with E-state index in [1.54, 1.807) is 29.1 Å². The molecule has 31 heavy (non-hydrogen) atoms. The number of nitrogens with one attached hydrogen (secondary N) is 1. The molecule has 4 aliphatic rings. The lowest BCUT2D eigenvalue weighted by molar-refractivity contribution is -0.151. The Kier molecular flexibility index (Phi) is 5.03. The van der Waals surface area contributed by atoms with Crippen LogP contribution in [0.1, 0.15) is 44.9 Å². The predicted molar refractivity (Wildman–Crippen MR) is 121 cm³/mol. The third-order valence-electron chi connectivity index (χ3n) is 7.24. The summed E-state index contributed by atoms with van der Waals surface area (Å²) in [4.78, 5) is 24.9. The molecule has 0 amide bonds. The predicted octanol–water partition coefficient (Wildman–Crippen LogP) is 5.72. The lowest BCUT2D eigenvalue weighted by atomic mass is 9.46. The quantitative estimate of drug-likeness (QED) is 0.569. The molecule has 2 N–H and O–H groups in total. The lowest BCUT2D eigenvalue weighted by Gasteiger charge is -2.61. The standard InChI is InChI=1S/C22H22Cl3N3O3/c23-15-2-1-14(4-16(15)24)27-17-10-26-28(20(31)19(17)25)22-7-12-3-13(8-22)6-21(5-12,11-22)9-18(29)30/h1-2,4,10,12-13,27H,3,5-9,11H2,(H,29,30)/t12-,13+,21?,22?. The van der Waals surface area contributed by atoms with Gasteiger partial charge in [0.25, 0.3) is 5.56 Å². The van der Waals surface area contributed by atoms with Gasteiger partial charge in [-0.05, 0) is 74.0 Å². The van der Waals surface area contributed by atoms with Gasteiger partial charge in [0.05, 0.1) is 33.9 Å². The summed E-state index contributed by atoms with van der Waals surface area (Å²) < 4.78 is 1.55. The van der Waals surface area contributed by atoms with Crippen LogP contribution in [0.15, 0.2) is 29.2 Å². The number of aromatic nitrogens is 2. The summed E-state index contributed by atoms with van der Waals surface area (Å²) in [5.41, 5.74) is -0.0148. The molecule has 164 valence electrons. The van der Waals surface area contributed by atoms with Gasteiger partial charge in [0.15, 0.2) is 0 Å². The molecule has 0 aliphatic heterocycles. The smallest absolute Gasteiger partial charge is 0.303 e. The normalized spacial score (nSPS) is 31.1. The third kappa shape index (κ3) is 3.62. The number of benzene rings is 1. The van der Waals surface area contributed by atoms with Gasteiger partial charge in [-0.2, -0.15) is 5.10 Å². The van der Waals surface area contributed by atoms with Crippen molar-refractivity contribution >= 4 is 52.1 Å². The van der Waals surface area contributed by atoms with Gasteiger partial charge in [0.2, 0.25) is 0 Å². The van der Waals surface area contributed by atoms with E-state index >= 15 is 0 Å². The summed E-state index contributed by atoms with van der Waals surface area (Å²) in [7, 11) is 0. The lowest BCUT2D eigenvalue weighted by Crippen LogP contribution is -2.59. The SMILES string of the molecule is O=C(O)CC12C[C@H]3C[C@@H](C1)CC(n1ncc(Nc4ccc(Cl)c(Cl)c4)c(Cl)c1=O)(C3)C2. The molecule has 6 nitrogen and oxygen atoms in total. The van der Waals surface area contributed by atoms with Crippen LogP contribution in [0.3, 0.4) is 0 Å². The highest BCUT2D eigenvalue weighted by molar-refractivity contribution is 6.42. The van der Waals surface area contributed by atoms with Crippen LogP contribution in [0.4, 0.5) is 11.4 Å². The van der Waals surface area contributed by atoms with Gasteiger partial charge in [-0.3, -0.25) is 9.59 Å². The number of nitrogens with zero attached hydrogens (tertiary/aromatic N) is 2. The Morgan fingerprint density at radius 1 is 1.16 bits per heavy atom. The van der Waals surface area contributed by atoms with E-state index in [0.29, 0.717) is 39.7 Å². The van der Waals surface area contributed by atoms with Gasteiger partial charge in [-0.25, -0.2) is 4.68 Å². The Balaban J connectivity index is 1.49. The van der Waals surface area contributed by atoms with Crippen molar-refractivity contribution in [2.75, 3.05) is 5.32 Å². The van der Waals surface area contributed by atoms with E-state index in [2.05, 4.69) is 10.4 Å². The molecule has 2 aromatic rings. The maximum Gasteiger partial charge on any atom is 0.303 e. The largest absolute Gasteiger partial charge is 0.481 e. The average Bonchev–Trinajstić information content (AvgIpc) is 2.66. The molecule has 0 radical (unpaired) electrons. The fourth-order valence-electron chi connectivity index (χ4n) is 6.76. The van der Waals surface area contributed by atoms with Crippen LogP contribution in [0, 0.1) is 17.3 Å². The van der Waals surface area contributed by atoms with Crippen molar-refractivity contribution in [3.63, 3.8) is 0 Å². The van der Waals surface area contributed by atoms with E-state index in [1.165, 1.54) is 0 Å². The monoisotopic (exact) mass is 481 g/mol. The molecule has 1 aromatic carbocycles. The average molecular weight is 483 g/mol. The fraction of sp³-hybridized carbons (Fsp3) is 0.500. The number of hydrogen-bond donors (Lipinski definition) is 2. The first kappa shape index (κ1) is 21.1. The minimum Gasteiger partial charge on any atom is -0.481 e. The minimum atomic E-state index is -0.767. The third-order valence-corrected chi connectivity index (χ3v) is 8.35. The number of hydrogen-bond acceptors (Lipinski definition) is 4. The zero-order valence-electron chi connectivity index (χ0n) is 16.7. The maximum absolute atomic E-state index is 13.3. The van der Waals surface area contributed by atoms with E-state index in [-0.39, 0.29) is 22.4 Å². The van der Waals surface area contributed by atoms with Gasteiger partial charge in [-0.1, -0.05) is 34.8 Å². The number of carboxylic acid groups (broad SMARTS) is 1. The number of carbonyl (C=O) groups is 1. The van der Waals surface area contributed by atoms with Crippen LogP contribution in [0.5, 0.6) is 0 Å². The first-order valence-corrected chi connectivity index (χ1v) is 11.5. The van der Waals surface area contributed by atoms with Crippen LogP contribution >= 0.6 is 34.8 Å². The molecule has 0 saturated heterocycles. The Morgan fingerprint density at radius 2 is 1.87 bits per heavy atom. The molecular formula is C22H22Cl3N3O3. The molecule has 1 heterocycles. The second kappa shape index (κ2) is 7.39. The highest BCUT2D eigenvalue weighted by Gasteiger charge is 2.59. The van der Waals surface area contributed by atoms with E-state index in [0.717, 1.165) is 32.1 Å². The van der Waals surface area contributed by atoms with Crippen molar-refractivity contribution in [3.8, 4) is 0 Å². The van der Waals surface area contributed by atoms with Gasteiger partial charge < -0.3 is 10.4 Å². The summed E-state index contributed by atoms with van der Waals surface area (Å²) in [5, 5.41) is 18.0. The summed E-state index contributed by atoms with van der Waals surface area (Å²) >= 11 is 18.5. The van der Waals surface area contributed by atoms with Gasteiger partial charge in [0.1, 0.15) is 5.02 Å². The molecule has 0 spiro atoms. The Labute approximate surface area is 194 Å². The summed E-state index contributed by atoms with van der Waals surface area (Å²) in [6, 6.07) is 5.05. The van der Waals surface area contributed by atoms with Crippen molar-refractivity contribution < 1.29 is 9.90 Å². The van der Waals surface area contributed by atoms with Gasteiger partial charge >= 0.3 is 5.97 Å². The Morgan fingerprint density at radius 3 is 2.52 bits per heavy atom. The van der Waals surface area contributed by atoms with E-state index in [4.69, 9.17) is 34.8 Å². The topological polar surface area (TPSA) is 84.2 Å². The van der Waals surface area contributed by atoms with Crippen molar-refractivity contribution in [2.45, 2.75) is 50.5 Å². The van der Waals surface area contributed by atoms with Crippen LogP contribution in [-0.2, 0) is 10.3 Å². The summed E-state index contributed by atoms with van der Waals surface area (Å²) in [6.45, 7) is 0. The summed E-state index contributed by atoms with van der Waals surface area (Å²) in [5.74, 6) is 0.0979. The molecule has 1 aromatic heterocycles. The molecule has 2 unspecified atom stereocenters. The number of halogens is 3. The van der Waals surface area contributed by atoms with Crippen LogP contribution < -0.4 is 10.9 Å². The molecule has 9 heteroatoms. The first-order chi connectivity index (χ1) is 14.7. The molecule has 6 rings (SSSR count). The minimum absolute atomic E-state index is 0.0594. The van der Waals surface area contributed by atoms with Crippen molar-refractivity contribution in [2.24, 2.45) is 17.3 Å². The Hall–Kier alpha value is -1.76. The van der Waals surface area contributed by atoms with Crippen molar-refractivity contribution in [1.29, 1.82) is 0 Å². The second-order valence-corrected chi connectivity index (χ2v) is 10.8. The molecule has 4 fully saturated rings. The number of anilines is 2. The van der Waals surface area contributed by atoms with E-state index in [1.807, 2.05) is 0 Å². The van der Waals surface area contributed by atoms with Crippen molar-refractivity contribution in [1.82, 2.24) is 9.78 Å². The molecule has 4 atom stereocenters. The highest BCUT2D eigenvalue weighted by Crippen LogP contribution is 2.65. The fourth-order valence-corrected chi connectivity index (χ4v) is 7.24. The molecule has 4 saturated carbocycles. The molecule has 4 aliphatic carbocycles. The zero-order valence-corrected chi connectivity index (χ0v) is 19.0. The molecule has 4 bridgehead atoms. The Bertz CT molecular complexity index is 1120. The first-order valence-electron chi connectivity index (χ1n) is 10.4. The van der Waals surface area contributed by atoms with Gasteiger partial charge in [0, 0.05) is 5.69 Å². The second-order valence-electron chi connectivity index (χ2n) is 9.60. The number of carboxylic acids is 1. The van der Waals surface area contributed by atoms with Crippen molar-refractivity contribution in [3.05, 3.63) is 49.8 Å². The van der Waals surface area contributed by atoms with Gasteiger partial charge in [-0.15, -0.1) is 0 Å². The number of aliphatic carboxylic acids is 1. The number of rotatable bonds is 5. The van der Waals surface area contributed by atoms with Crippen LogP contribution in [-0.4, -0.2) is 20.9 Å². The van der Waals surface area contributed by atoms with E-state index < -0.39 is 11.5 Å². The maximum atomic E-state index is 13.3. The molecular weight excluding hydrogens is 461 g/mol. The van der Waals surface area contributed by atoms with Crippen LogP contribution in [0.25, 0.3) is 0 Å². The zero-order chi connectivity index (χ0) is 22.0. The summed E-state index contributed by atoms with van der Waals surface area (Å²) in [6.07, 6.45) is 7.07. The van der Waals surface area contributed by atoms with Crippen LogP contribution in [0.2, 0.25) is 15.1 Å². The highest BCUT2D eigenvalue weighted by atomic mass is 35.5. The van der Waals surface area contributed by atoms with E-state index in [9.17, 15) is 14.7 Å².